The number of carbonyl (C=O) groups is 2. The van der Waals surface area contributed by atoms with Gasteiger partial charge < -0.3 is 19.9 Å². The second-order valence-electron chi connectivity index (χ2n) is 3.28. The third kappa shape index (κ3) is 4.72. The summed E-state index contributed by atoms with van der Waals surface area (Å²) < 4.78 is 10.5. The van der Waals surface area contributed by atoms with Crippen LogP contribution in [0.2, 0.25) is 0 Å². The summed E-state index contributed by atoms with van der Waals surface area (Å²) in [6.45, 7) is -0.818. The lowest BCUT2D eigenvalue weighted by Crippen LogP contribution is -2.20. The van der Waals surface area contributed by atoms with E-state index < -0.39 is 18.5 Å². The van der Waals surface area contributed by atoms with Crippen LogP contribution in [-0.4, -0.2) is 37.3 Å². The van der Waals surface area contributed by atoms with Gasteiger partial charge in [0.25, 0.3) is 0 Å². The fraction of sp³-hybridized carbons (Fsp3) is 0.273. The van der Waals surface area contributed by atoms with Gasteiger partial charge in [-0.3, -0.25) is 4.79 Å². The largest absolute Gasteiger partial charge is 0.495 e. The van der Waals surface area contributed by atoms with E-state index in [0.717, 1.165) is 4.47 Å². The maximum atomic E-state index is 11.4. The summed E-state index contributed by atoms with van der Waals surface area (Å²) in [6.07, 6.45) is 0. The summed E-state index contributed by atoms with van der Waals surface area (Å²) in [5.41, 5.74) is 0.541. The van der Waals surface area contributed by atoms with Gasteiger partial charge >= 0.3 is 5.97 Å². The molecule has 1 amide bonds. The molecule has 2 N–H and O–H groups in total. The van der Waals surface area contributed by atoms with Crippen molar-refractivity contribution < 1.29 is 24.2 Å². The lowest BCUT2D eigenvalue weighted by molar-refractivity contribution is -0.143. The van der Waals surface area contributed by atoms with Crippen LogP contribution in [0, 0.1) is 0 Å². The van der Waals surface area contributed by atoms with E-state index in [2.05, 4.69) is 26.0 Å². The number of hydrogen-bond acceptors (Lipinski definition) is 4. The zero-order chi connectivity index (χ0) is 13.5. The molecule has 0 saturated heterocycles. The Morgan fingerprint density at radius 3 is 2.72 bits per heavy atom. The van der Waals surface area contributed by atoms with Crippen molar-refractivity contribution in [1.29, 1.82) is 0 Å². The predicted octanol–water partition coefficient (Wildman–Crippen LogP) is 1.50. The standard InChI is InChI=1S/C11H12BrNO5/c1-17-9-4-7(2-3-8(9)12)13-10(14)5-18-6-11(15)16/h2-4H,5-6H2,1H3,(H,13,14)(H,15,16). The molecule has 0 unspecified atom stereocenters. The number of aliphatic carboxylic acids is 1. The number of carboxylic acid groups (broad SMARTS) is 1. The fourth-order valence-electron chi connectivity index (χ4n) is 1.17. The number of anilines is 1. The summed E-state index contributed by atoms with van der Waals surface area (Å²) in [5.74, 6) is -0.965. The minimum atomic E-state index is -1.12. The predicted molar refractivity (Wildman–Crippen MR) is 67.8 cm³/mol. The van der Waals surface area contributed by atoms with Gasteiger partial charge in [0.15, 0.2) is 0 Å². The first-order chi connectivity index (χ1) is 8.52. The second-order valence-corrected chi connectivity index (χ2v) is 4.14. The van der Waals surface area contributed by atoms with Crippen molar-refractivity contribution in [2.75, 3.05) is 25.6 Å². The average Bonchev–Trinajstić information content (AvgIpc) is 2.31. The molecule has 7 heteroatoms. The Morgan fingerprint density at radius 2 is 2.11 bits per heavy atom. The molecule has 0 atom stereocenters. The van der Waals surface area contributed by atoms with Gasteiger partial charge in [-0.05, 0) is 28.1 Å². The van der Waals surface area contributed by atoms with Gasteiger partial charge in [-0.2, -0.15) is 0 Å². The van der Waals surface area contributed by atoms with E-state index in [4.69, 9.17) is 9.84 Å². The topological polar surface area (TPSA) is 84.9 Å². The van der Waals surface area contributed by atoms with Crippen LogP contribution >= 0.6 is 15.9 Å². The molecule has 0 heterocycles. The minimum Gasteiger partial charge on any atom is -0.495 e. The van der Waals surface area contributed by atoms with Crippen molar-refractivity contribution in [3.05, 3.63) is 22.7 Å². The SMILES string of the molecule is COc1cc(NC(=O)COCC(=O)O)ccc1Br. The van der Waals surface area contributed by atoms with E-state index in [9.17, 15) is 9.59 Å². The average molecular weight is 318 g/mol. The summed E-state index contributed by atoms with van der Waals surface area (Å²) in [6, 6.07) is 5.05. The minimum absolute atomic E-state index is 0.315. The van der Waals surface area contributed by atoms with Gasteiger partial charge in [-0.1, -0.05) is 0 Å². The van der Waals surface area contributed by atoms with Crippen LogP contribution in [0.1, 0.15) is 0 Å². The first-order valence-electron chi connectivity index (χ1n) is 4.96. The maximum Gasteiger partial charge on any atom is 0.329 e. The Labute approximate surface area is 112 Å². The van der Waals surface area contributed by atoms with Crippen molar-refractivity contribution in [3.8, 4) is 5.75 Å². The fourth-order valence-corrected chi connectivity index (χ4v) is 1.57. The Bertz CT molecular complexity index is 449. The lowest BCUT2D eigenvalue weighted by atomic mass is 10.3. The number of nitrogens with one attached hydrogen (secondary N) is 1. The van der Waals surface area contributed by atoms with Gasteiger partial charge in [0, 0.05) is 11.8 Å². The molecule has 1 aromatic carbocycles. The molecule has 1 rings (SSSR count). The molecule has 0 aromatic heterocycles. The van der Waals surface area contributed by atoms with Crippen LogP contribution in [0.3, 0.4) is 0 Å². The quantitative estimate of drug-likeness (QED) is 0.830. The van der Waals surface area contributed by atoms with Gasteiger partial charge in [-0.25, -0.2) is 4.79 Å². The van der Waals surface area contributed by atoms with Crippen LogP contribution in [0.15, 0.2) is 22.7 Å². The van der Waals surface area contributed by atoms with Crippen molar-refractivity contribution in [1.82, 2.24) is 0 Å². The molecule has 0 radical (unpaired) electrons. The summed E-state index contributed by atoms with van der Waals surface area (Å²) >= 11 is 3.29. The van der Waals surface area contributed by atoms with Crippen LogP contribution in [0.25, 0.3) is 0 Å². The van der Waals surface area contributed by atoms with Gasteiger partial charge in [0.2, 0.25) is 5.91 Å². The number of methoxy groups -OCH3 is 1. The molecule has 98 valence electrons. The van der Waals surface area contributed by atoms with Crippen molar-refractivity contribution in [2.45, 2.75) is 0 Å². The van der Waals surface area contributed by atoms with E-state index in [1.165, 1.54) is 7.11 Å². The number of halogens is 1. The zero-order valence-electron chi connectivity index (χ0n) is 9.60. The first-order valence-corrected chi connectivity index (χ1v) is 5.75. The number of carboxylic acids is 1. The third-order valence-electron chi connectivity index (χ3n) is 1.89. The molecule has 0 aliphatic carbocycles. The zero-order valence-corrected chi connectivity index (χ0v) is 11.2. The summed E-state index contributed by atoms with van der Waals surface area (Å²) in [5, 5.41) is 10.9. The Morgan fingerprint density at radius 1 is 1.39 bits per heavy atom. The van der Waals surface area contributed by atoms with Crippen LogP contribution < -0.4 is 10.1 Å². The highest BCUT2D eigenvalue weighted by Gasteiger charge is 2.06. The van der Waals surface area contributed by atoms with E-state index in [-0.39, 0.29) is 6.61 Å². The first kappa shape index (κ1) is 14.5. The van der Waals surface area contributed by atoms with Gasteiger partial charge in [0.1, 0.15) is 19.0 Å². The van der Waals surface area contributed by atoms with Gasteiger partial charge in [0.05, 0.1) is 11.6 Å². The Balaban J connectivity index is 2.51. The van der Waals surface area contributed by atoms with Crippen LogP contribution in [0.5, 0.6) is 5.75 Å². The Kier molecular flexibility index (Phi) is 5.60. The highest BCUT2D eigenvalue weighted by Crippen LogP contribution is 2.27. The molecule has 0 aliphatic heterocycles. The number of carbonyl (C=O) groups excluding carboxylic acids is 1. The smallest absolute Gasteiger partial charge is 0.329 e. The molecule has 0 aliphatic rings. The third-order valence-corrected chi connectivity index (χ3v) is 2.55. The molecule has 0 fully saturated rings. The Hall–Kier alpha value is -1.60. The highest BCUT2D eigenvalue weighted by atomic mass is 79.9. The second kappa shape index (κ2) is 6.97. The van der Waals surface area contributed by atoms with E-state index >= 15 is 0 Å². The normalized spacial score (nSPS) is 9.89. The molecule has 1 aromatic rings. The highest BCUT2D eigenvalue weighted by molar-refractivity contribution is 9.10. The van der Waals surface area contributed by atoms with Crippen molar-refractivity contribution in [2.24, 2.45) is 0 Å². The van der Waals surface area contributed by atoms with E-state index in [1.54, 1.807) is 18.2 Å². The van der Waals surface area contributed by atoms with Crippen LogP contribution in [-0.2, 0) is 14.3 Å². The number of rotatable bonds is 6. The summed E-state index contributed by atoms with van der Waals surface area (Å²) in [4.78, 5) is 21.6. The molecule has 0 saturated carbocycles. The van der Waals surface area contributed by atoms with Crippen LogP contribution in [0.4, 0.5) is 5.69 Å². The van der Waals surface area contributed by atoms with Crippen molar-refractivity contribution >= 4 is 33.5 Å². The number of hydrogen-bond donors (Lipinski definition) is 2. The number of amides is 1. The molecular formula is C11H12BrNO5. The molecule has 0 bridgehead atoms. The van der Waals surface area contributed by atoms with Gasteiger partial charge in [-0.15, -0.1) is 0 Å². The van der Waals surface area contributed by atoms with E-state index in [1.807, 2.05) is 0 Å². The number of benzene rings is 1. The molecule has 6 nitrogen and oxygen atoms in total. The molecule has 0 spiro atoms. The monoisotopic (exact) mass is 317 g/mol. The lowest BCUT2D eigenvalue weighted by Gasteiger charge is -2.08. The van der Waals surface area contributed by atoms with Crippen molar-refractivity contribution in [3.63, 3.8) is 0 Å². The van der Waals surface area contributed by atoms with E-state index in [0.29, 0.717) is 11.4 Å². The number of ether oxygens (including phenoxy) is 2. The summed E-state index contributed by atoms with van der Waals surface area (Å²) in [7, 11) is 1.52. The molecular weight excluding hydrogens is 306 g/mol. The molecule has 18 heavy (non-hydrogen) atoms. The maximum absolute atomic E-state index is 11.4.